The van der Waals surface area contributed by atoms with Crippen molar-refractivity contribution in [3.8, 4) is 0 Å². The molecule has 0 atom stereocenters. The van der Waals surface area contributed by atoms with Gasteiger partial charge in [-0.3, -0.25) is 5.32 Å². The van der Waals surface area contributed by atoms with E-state index in [1.54, 1.807) is 17.0 Å². The Morgan fingerprint density at radius 2 is 2.19 bits per heavy atom. The maximum atomic E-state index is 11.7. The number of morpholine rings is 1. The highest BCUT2D eigenvalue weighted by Gasteiger charge is 2.16. The Bertz CT molecular complexity index is 363. The molecule has 0 spiro atoms. The van der Waals surface area contributed by atoms with Crippen LogP contribution in [0.2, 0.25) is 5.02 Å². The number of urea groups is 1. The summed E-state index contributed by atoms with van der Waals surface area (Å²) in [5.74, 6) is 0.501. The quantitative estimate of drug-likeness (QED) is 0.813. The average molecular weight is 242 g/mol. The van der Waals surface area contributed by atoms with E-state index in [4.69, 9.17) is 16.3 Å². The highest BCUT2D eigenvalue weighted by atomic mass is 35.5. The molecule has 2 rings (SSSR count). The van der Waals surface area contributed by atoms with Gasteiger partial charge < -0.3 is 9.64 Å². The molecular formula is C10H12ClN3O2. The Balaban J connectivity index is 1.93. The molecule has 1 fully saturated rings. The monoisotopic (exact) mass is 241 g/mol. The molecule has 86 valence electrons. The van der Waals surface area contributed by atoms with Crippen molar-refractivity contribution in [3.05, 3.63) is 23.4 Å². The van der Waals surface area contributed by atoms with Crippen LogP contribution in [-0.2, 0) is 4.74 Å². The summed E-state index contributed by atoms with van der Waals surface area (Å²) in [5.41, 5.74) is 0. The molecule has 1 aromatic heterocycles. The second-order valence-electron chi connectivity index (χ2n) is 3.39. The number of hydrogen-bond acceptors (Lipinski definition) is 3. The second kappa shape index (κ2) is 5.14. The minimum Gasteiger partial charge on any atom is -0.378 e. The van der Waals surface area contributed by atoms with Crippen LogP contribution < -0.4 is 5.32 Å². The zero-order valence-corrected chi connectivity index (χ0v) is 9.41. The molecule has 0 radical (unpaired) electrons. The van der Waals surface area contributed by atoms with Crippen molar-refractivity contribution < 1.29 is 9.53 Å². The van der Waals surface area contributed by atoms with E-state index in [9.17, 15) is 4.79 Å². The molecule has 1 N–H and O–H groups in total. The van der Waals surface area contributed by atoms with E-state index in [0.29, 0.717) is 37.1 Å². The van der Waals surface area contributed by atoms with Gasteiger partial charge in [-0.05, 0) is 12.1 Å². The largest absolute Gasteiger partial charge is 0.378 e. The van der Waals surface area contributed by atoms with E-state index < -0.39 is 0 Å². The van der Waals surface area contributed by atoms with Gasteiger partial charge in [0.05, 0.1) is 18.2 Å². The molecule has 2 heterocycles. The lowest BCUT2D eigenvalue weighted by Crippen LogP contribution is -2.43. The van der Waals surface area contributed by atoms with Crippen LogP contribution in [0.1, 0.15) is 0 Å². The number of carbonyl (C=O) groups is 1. The van der Waals surface area contributed by atoms with Gasteiger partial charge in [-0.15, -0.1) is 0 Å². The van der Waals surface area contributed by atoms with Gasteiger partial charge in [-0.25, -0.2) is 9.78 Å². The van der Waals surface area contributed by atoms with Crippen molar-refractivity contribution in [3.63, 3.8) is 0 Å². The standard InChI is InChI=1S/C10H12ClN3O2/c11-8-1-2-9(12-7-8)13-10(15)14-3-5-16-6-4-14/h1-2,7H,3-6H2,(H,12,13,15). The molecule has 0 saturated carbocycles. The van der Waals surface area contributed by atoms with Crippen LogP contribution in [0.15, 0.2) is 18.3 Å². The fraction of sp³-hybridized carbons (Fsp3) is 0.400. The lowest BCUT2D eigenvalue weighted by molar-refractivity contribution is 0.0564. The van der Waals surface area contributed by atoms with E-state index in [2.05, 4.69) is 10.3 Å². The van der Waals surface area contributed by atoms with Gasteiger partial charge in [0.1, 0.15) is 5.82 Å². The van der Waals surface area contributed by atoms with Crippen LogP contribution in [0.4, 0.5) is 10.6 Å². The predicted octanol–water partition coefficient (Wildman–Crippen LogP) is 1.60. The zero-order chi connectivity index (χ0) is 11.4. The van der Waals surface area contributed by atoms with Gasteiger partial charge >= 0.3 is 6.03 Å². The number of pyridine rings is 1. The van der Waals surface area contributed by atoms with Crippen molar-refractivity contribution in [2.75, 3.05) is 31.6 Å². The lowest BCUT2D eigenvalue weighted by Gasteiger charge is -2.26. The van der Waals surface area contributed by atoms with Crippen molar-refractivity contribution in [2.45, 2.75) is 0 Å². The normalized spacial score (nSPS) is 15.9. The van der Waals surface area contributed by atoms with Crippen LogP contribution in [0.3, 0.4) is 0 Å². The lowest BCUT2D eigenvalue weighted by atomic mass is 10.4. The van der Waals surface area contributed by atoms with Gasteiger partial charge in [0.15, 0.2) is 0 Å². The van der Waals surface area contributed by atoms with Gasteiger partial charge in [0, 0.05) is 19.3 Å². The second-order valence-corrected chi connectivity index (χ2v) is 3.83. The third-order valence-electron chi connectivity index (χ3n) is 2.26. The number of rotatable bonds is 1. The third-order valence-corrected chi connectivity index (χ3v) is 2.48. The summed E-state index contributed by atoms with van der Waals surface area (Å²) in [7, 11) is 0. The predicted molar refractivity (Wildman–Crippen MR) is 60.7 cm³/mol. The van der Waals surface area contributed by atoms with Gasteiger partial charge in [-0.2, -0.15) is 0 Å². The number of ether oxygens (including phenoxy) is 1. The van der Waals surface area contributed by atoms with Crippen molar-refractivity contribution >= 4 is 23.4 Å². The van der Waals surface area contributed by atoms with E-state index in [1.165, 1.54) is 6.20 Å². The molecule has 5 nitrogen and oxygen atoms in total. The van der Waals surface area contributed by atoms with Crippen LogP contribution in [0.25, 0.3) is 0 Å². The van der Waals surface area contributed by atoms with Crippen LogP contribution in [0, 0.1) is 0 Å². The molecule has 16 heavy (non-hydrogen) atoms. The van der Waals surface area contributed by atoms with E-state index in [1.807, 2.05) is 0 Å². The van der Waals surface area contributed by atoms with Crippen LogP contribution in [-0.4, -0.2) is 42.2 Å². The Kier molecular flexibility index (Phi) is 3.58. The molecule has 1 saturated heterocycles. The minimum atomic E-state index is -0.155. The molecule has 0 bridgehead atoms. The molecule has 0 unspecified atom stereocenters. The van der Waals surface area contributed by atoms with Crippen molar-refractivity contribution in [1.82, 2.24) is 9.88 Å². The number of halogens is 1. The molecule has 0 aliphatic carbocycles. The van der Waals surface area contributed by atoms with Crippen LogP contribution in [0.5, 0.6) is 0 Å². The number of nitrogens with one attached hydrogen (secondary N) is 1. The third kappa shape index (κ3) is 2.84. The van der Waals surface area contributed by atoms with Gasteiger partial charge in [0.2, 0.25) is 0 Å². The van der Waals surface area contributed by atoms with Gasteiger partial charge in [-0.1, -0.05) is 11.6 Å². The first-order valence-corrected chi connectivity index (χ1v) is 5.39. The first kappa shape index (κ1) is 11.2. The van der Waals surface area contributed by atoms with Crippen molar-refractivity contribution in [1.29, 1.82) is 0 Å². The number of carbonyl (C=O) groups excluding carboxylic acids is 1. The summed E-state index contributed by atoms with van der Waals surface area (Å²) in [6.07, 6.45) is 1.50. The van der Waals surface area contributed by atoms with E-state index in [-0.39, 0.29) is 6.03 Å². The summed E-state index contributed by atoms with van der Waals surface area (Å²) >= 11 is 5.69. The Hall–Kier alpha value is -1.33. The molecule has 2 amide bonds. The molecule has 1 aliphatic rings. The summed E-state index contributed by atoms with van der Waals surface area (Å²) in [6, 6.07) is 3.20. The summed E-state index contributed by atoms with van der Waals surface area (Å²) in [4.78, 5) is 17.4. The Labute approximate surface area is 98.4 Å². The van der Waals surface area contributed by atoms with Gasteiger partial charge in [0.25, 0.3) is 0 Å². The smallest absolute Gasteiger partial charge is 0.323 e. The first-order valence-electron chi connectivity index (χ1n) is 5.01. The SMILES string of the molecule is O=C(Nc1ccc(Cl)cn1)N1CCOCC1. The van der Waals surface area contributed by atoms with Crippen LogP contribution >= 0.6 is 11.6 Å². The van der Waals surface area contributed by atoms with E-state index in [0.717, 1.165) is 0 Å². The topological polar surface area (TPSA) is 54.5 Å². The van der Waals surface area contributed by atoms with Crippen molar-refractivity contribution in [2.24, 2.45) is 0 Å². The molecule has 1 aromatic rings. The fourth-order valence-electron chi connectivity index (χ4n) is 1.40. The number of aromatic nitrogens is 1. The molecule has 0 aromatic carbocycles. The minimum absolute atomic E-state index is 0.155. The number of hydrogen-bond donors (Lipinski definition) is 1. The highest BCUT2D eigenvalue weighted by Crippen LogP contribution is 2.10. The Morgan fingerprint density at radius 1 is 1.44 bits per heavy atom. The molecule has 1 aliphatic heterocycles. The number of amides is 2. The highest BCUT2D eigenvalue weighted by molar-refractivity contribution is 6.30. The molecular weight excluding hydrogens is 230 g/mol. The summed E-state index contributed by atoms with van der Waals surface area (Å²) < 4.78 is 5.16. The fourth-order valence-corrected chi connectivity index (χ4v) is 1.52. The summed E-state index contributed by atoms with van der Waals surface area (Å²) in [5, 5.41) is 3.25. The average Bonchev–Trinajstić information content (AvgIpc) is 2.33. The maximum absolute atomic E-state index is 11.7. The maximum Gasteiger partial charge on any atom is 0.323 e. The number of nitrogens with zero attached hydrogens (tertiary/aromatic N) is 2. The Morgan fingerprint density at radius 3 is 2.81 bits per heavy atom. The molecule has 6 heteroatoms. The first-order chi connectivity index (χ1) is 7.75. The zero-order valence-electron chi connectivity index (χ0n) is 8.65. The number of anilines is 1. The van der Waals surface area contributed by atoms with E-state index >= 15 is 0 Å². The summed E-state index contributed by atoms with van der Waals surface area (Å²) in [6.45, 7) is 2.39.